The van der Waals surface area contributed by atoms with E-state index in [1.807, 2.05) is 0 Å². The van der Waals surface area contributed by atoms with Crippen molar-refractivity contribution in [1.82, 2.24) is 5.43 Å². The first-order valence-electron chi connectivity index (χ1n) is 7.85. The molecular formula is C18H17F3N4O2. The summed E-state index contributed by atoms with van der Waals surface area (Å²) in [5.41, 5.74) is 2.97. The zero-order valence-corrected chi connectivity index (χ0v) is 14.3. The lowest BCUT2D eigenvalue weighted by molar-refractivity contribution is -0.137. The molecule has 0 fully saturated rings. The van der Waals surface area contributed by atoms with E-state index in [2.05, 4.69) is 21.2 Å². The van der Waals surface area contributed by atoms with Gasteiger partial charge in [-0.2, -0.15) is 18.3 Å². The van der Waals surface area contributed by atoms with Crippen LogP contribution in [-0.4, -0.2) is 24.6 Å². The van der Waals surface area contributed by atoms with Crippen LogP contribution in [0.2, 0.25) is 0 Å². The molecule has 0 spiro atoms. The highest BCUT2D eigenvalue weighted by atomic mass is 19.4. The van der Waals surface area contributed by atoms with Crippen molar-refractivity contribution < 1.29 is 22.8 Å². The summed E-state index contributed by atoms with van der Waals surface area (Å²) in [4.78, 5) is 22.6. The largest absolute Gasteiger partial charge is 0.416 e. The molecule has 142 valence electrons. The molecule has 0 aliphatic heterocycles. The molecule has 0 unspecified atom stereocenters. The van der Waals surface area contributed by atoms with Gasteiger partial charge in [0.1, 0.15) is 0 Å². The summed E-state index contributed by atoms with van der Waals surface area (Å²) in [6.07, 6.45) is -3.04. The molecule has 2 aromatic carbocycles. The average Bonchev–Trinajstić information content (AvgIpc) is 2.60. The van der Waals surface area contributed by atoms with E-state index >= 15 is 0 Å². The van der Waals surface area contributed by atoms with Crippen molar-refractivity contribution in [3.8, 4) is 0 Å². The van der Waals surface area contributed by atoms with Gasteiger partial charge in [-0.05, 0) is 35.9 Å². The van der Waals surface area contributed by atoms with Gasteiger partial charge in [0.25, 0.3) is 5.91 Å². The van der Waals surface area contributed by atoms with Gasteiger partial charge in [0, 0.05) is 18.3 Å². The van der Waals surface area contributed by atoms with Crippen molar-refractivity contribution in [2.24, 2.45) is 5.10 Å². The Kier molecular flexibility index (Phi) is 6.53. The highest BCUT2D eigenvalue weighted by Gasteiger charge is 2.30. The third kappa shape index (κ3) is 6.81. The van der Waals surface area contributed by atoms with Gasteiger partial charge >= 0.3 is 6.18 Å². The molecule has 2 aromatic rings. The number of carbonyl (C=O) groups excluding carboxylic acids is 2. The van der Waals surface area contributed by atoms with Crippen molar-refractivity contribution in [3.05, 3.63) is 59.7 Å². The minimum absolute atomic E-state index is 0.178. The molecule has 0 bridgehead atoms. The van der Waals surface area contributed by atoms with Gasteiger partial charge in [-0.3, -0.25) is 9.59 Å². The summed E-state index contributed by atoms with van der Waals surface area (Å²) in [6, 6.07) is 11.3. The SMILES string of the molecule is CC(=O)Nc1ccc(/C=N/NC(=O)CNc2cccc(C(F)(F)F)c2)cc1. The van der Waals surface area contributed by atoms with E-state index in [-0.39, 0.29) is 18.1 Å². The highest BCUT2D eigenvalue weighted by Crippen LogP contribution is 2.30. The highest BCUT2D eigenvalue weighted by molar-refractivity contribution is 5.89. The van der Waals surface area contributed by atoms with E-state index in [1.54, 1.807) is 24.3 Å². The van der Waals surface area contributed by atoms with E-state index in [4.69, 9.17) is 0 Å². The predicted octanol–water partition coefficient (Wildman–Crippen LogP) is 3.23. The van der Waals surface area contributed by atoms with Crippen molar-refractivity contribution in [2.75, 3.05) is 17.2 Å². The average molecular weight is 378 g/mol. The Morgan fingerprint density at radius 1 is 1.07 bits per heavy atom. The zero-order chi connectivity index (χ0) is 19.9. The van der Waals surface area contributed by atoms with Crippen LogP contribution in [0.5, 0.6) is 0 Å². The normalized spacial score (nSPS) is 11.3. The molecule has 0 saturated carbocycles. The fraction of sp³-hybridized carbons (Fsp3) is 0.167. The molecule has 2 rings (SSSR count). The Morgan fingerprint density at radius 3 is 2.41 bits per heavy atom. The number of hydrogen-bond acceptors (Lipinski definition) is 4. The lowest BCUT2D eigenvalue weighted by Crippen LogP contribution is -2.26. The smallest absolute Gasteiger partial charge is 0.376 e. The number of nitrogens with zero attached hydrogens (tertiary/aromatic N) is 1. The first kappa shape index (κ1) is 20.0. The maximum Gasteiger partial charge on any atom is 0.416 e. The molecule has 2 amide bonds. The van der Waals surface area contributed by atoms with Crippen LogP contribution in [0.3, 0.4) is 0 Å². The summed E-state index contributed by atoms with van der Waals surface area (Å²) >= 11 is 0. The minimum Gasteiger partial charge on any atom is -0.376 e. The van der Waals surface area contributed by atoms with Crippen LogP contribution in [0.1, 0.15) is 18.1 Å². The molecule has 9 heteroatoms. The number of hydrogen-bond donors (Lipinski definition) is 3. The van der Waals surface area contributed by atoms with Crippen molar-refractivity contribution >= 4 is 29.4 Å². The number of alkyl halides is 3. The minimum atomic E-state index is -4.44. The van der Waals surface area contributed by atoms with E-state index in [0.717, 1.165) is 12.1 Å². The lowest BCUT2D eigenvalue weighted by Gasteiger charge is -2.10. The van der Waals surface area contributed by atoms with Gasteiger partial charge in [0.15, 0.2) is 0 Å². The molecular weight excluding hydrogens is 361 g/mol. The molecule has 0 atom stereocenters. The topological polar surface area (TPSA) is 82.6 Å². The predicted molar refractivity (Wildman–Crippen MR) is 96.4 cm³/mol. The Bertz CT molecular complexity index is 833. The van der Waals surface area contributed by atoms with Crippen molar-refractivity contribution in [2.45, 2.75) is 13.1 Å². The number of nitrogens with one attached hydrogen (secondary N) is 3. The number of rotatable bonds is 6. The summed E-state index contributed by atoms with van der Waals surface area (Å²) in [6.45, 7) is 1.17. The fourth-order valence-corrected chi connectivity index (χ4v) is 2.06. The second kappa shape index (κ2) is 8.84. The lowest BCUT2D eigenvalue weighted by atomic mass is 10.2. The maximum absolute atomic E-state index is 12.6. The van der Waals surface area contributed by atoms with E-state index < -0.39 is 17.6 Å². The number of hydrazone groups is 1. The first-order chi connectivity index (χ1) is 12.7. The van der Waals surface area contributed by atoms with E-state index in [9.17, 15) is 22.8 Å². The second-order valence-electron chi connectivity index (χ2n) is 5.53. The van der Waals surface area contributed by atoms with Gasteiger partial charge in [-0.15, -0.1) is 0 Å². The van der Waals surface area contributed by atoms with Crippen LogP contribution < -0.4 is 16.1 Å². The van der Waals surface area contributed by atoms with Crippen LogP contribution in [0.15, 0.2) is 53.6 Å². The summed E-state index contributed by atoms with van der Waals surface area (Å²) in [5.74, 6) is -0.699. The van der Waals surface area contributed by atoms with Gasteiger partial charge < -0.3 is 10.6 Å². The molecule has 0 saturated heterocycles. The van der Waals surface area contributed by atoms with Crippen molar-refractivity contribution in [3.63, 3.8) is 0 Å². The monoisotopic (exact) mass is 378 g/mol. The molecule has 0 radical (unpaired) electrons. The second-order valence-corrected chi connectivity index (χ2v) is 5.53. The summed E-state index contributed by atoms with van der Waals surface area (Å²) in [5, 5.41) is 8.99. The summed E-state index contributed by atoms with van der Waals surface area (Å²) < 4.78 is 37.9. The zero-order valence-electron chi connectivity index (χ0n) is 14.3. The van der Waals surface area contributed by atoms with Gasteiger partial charge in [-0.25, -0.2) is 5.43 Å². The third-order valence-electron chi connectivity index (χ3n) is 3.28. The Labute approximate surface area is 153 Å². The fourth-order valence-electron chi connectivity index (χ4n) is 2.06. The molecule has 0 aliphatic rings. The number of benzene rings is 2. The first-order valence-corrected chi connectivity index (χ1v) is 7.85. The Morgan fingerprint density at radius 2 is 1.78 bits per heavy atom. The number of amides is 2. The van der Waals surface area contributed by atoms with Gasteiger partial charge in [-0.1, -0.05) is 18.2 Å². The number of carbonyl (C=O) groups is 2. The Balaban J connectivity index is 1.82. The van der Waals surface area contributed by atoms with Crippen LogP contribution in [0, 0.1) is 0 Å². The van der Waals surface area contributed by atoms with Crippen LogP contribution in [-0.2, 0) is 15.8 Å². The van der Waals surface area contributed by atoms with Gasteiger partial charge in [0.2, 0.25) is 5.91 Å². The summed E-state index contributed by atoms with van der Waals surface area (Å²) in [7, 11) is 0. The third-order valence-corrected chi connectivity index (χ3v) is 3.28. The maximum atomic E-state index is 12.6. The molecule has 0 aromatic heterocycles. The van der Waals surface area contributed by atoms with Crippen molar-refractivity contribution in [1.29, 1.82) is 0 Å². The molecule has 0 aliphatic carbocycles. The number of anilines is 2. The number of halogens is 3. The van der Waals surface area contributed by atoms with Crippen LogP contribution in [0.25, 0.3) is 0 Å². The van der Waals surface area contributed by atoms with Gasteiger partial charge in [0.05, 0.1) is 18.3 Å². The molecule has 27 heavy (non-hydrogen) atoms. The standard InChI is InChI=1S/C18H17F3N4O2/c1-12(26)24-15-7-5-13(6-8-15)10-23-25-17(27)11-22-16-4-2-3-14(9-16)18(19,20)21/h2-10,22H,11H2,1H3,(H,24,26)(H,25,27)/b23-10+. The van der Waals surface area contributed by atoms with E-state index in [1.165, 1.54) is 25.3 Å². The molecule has 3 N–H and O–H groups in total. The molecule has 0 heterocycles. The van der Waals surface area contributed by atoms with Crippen LogP contribution >= 0.6 is 0 Å². The Hall–Kier alpha value is -3.36. The van der Waals surface area contributed by atoms with Crippen LogP contribution in [0.4, 0.5) is 24.5 Å². The van der Waals surface area contributed by atoms with E-state index in [0.29, 0.717) is 11.3 Å². The molecule has 6 nitrogen and oxygen atoms in total. The quantitative estimate of drug-likeness (QED) is 0.533.